The van der Waals surface area contributed by atoms with Gasteiger partial charge in [-0.25, -0.2) is 9.96 Å². The van der Waals surface area contributed by atoms with Crippen LogP contribution in [0, 0.1) is 12.8 Å². The largest absolute Gasteiger partial charge is 0.459 e. The maximum atomic E-state index is 13.7. The van der Waals surface area contributed by atoms with Crippen LogP contribution in [0.1, 0.15) is 17.4 Å². The molecule has 6 nitrogen and oxygen atoms in total. The van der Waals surface area contributed by atoms with Gasteiger partial charge < -0.3 is 4.42 Å². The number of hydrogen-bond donors (Lipinski definition) is 0. The van der Waals surface area contributed by atoms with Crippen LogP contribution in [0.2, 0.25) is 0 Å². The van der Waals surface area contributed by atoms with Crippen molar-refractivity contribution in [2.75, 3.05) is 9.96 Å². The first-order valence-corrected chi connectivity index (χ1v) is 12.1. The predicted molar refractivity (Wildman–Crippen MR) is 136 cm³/mol. The van der Waals surface area contributed by atoms with Crippen LogP contribution in [-0.2, 0) is 14.4 Å². The topological polar surface area (TPSA) is 63.0 Å². The molecule has 0 unspecified atom stereocenters. The first-order chi connectivity index (χ1) is 17.0. The van der Waals surface area contributed by atoms with Crippen LogP contribution in [0.15, 0.2) is 99.9 Å². The number of para-hydroxylation sites is 1. The molecule has 1 aromatic heterocycles. The highest BCUT2D eigenvalue weighted by atomic mass is 79.9. The minimum atomic E-state index is -0.935. The molecule has 4 aromatic rings. The fourth-order valence-electron chi connectivity index (χ4n) is 4.73. The summed E-state index contributed by atoms with van der Waals surface area (Å²) in [6.07, 6.45) is -0.935. The first kappa shape index (κ1) is 21.8. The van der Waals surface area contributed by atoms with E-state index in [1.165, 1.54) is 4.90 Å². The molecule has 0 aliphatic carbocycles. The molecule has 0 radical (unpaired) electrons. The van der Waals surface area contributed by atoms with E-state index >= 15 is 0 Å². The number of amides is 2. The zero-order valence-electron chi connectivity index (χ0n) is 18.8. The molecule has 174 valence electrons. The van der Waals surface area contributed by atoms with Gasteiger partial charge in [0, 0.05) is 10.0 Å². The molecule has 2 amide bonds. The van der Waals surface area contributed by atoms with E-state index in [-0.39, 0.29) is 11.8 Å². The molecule has 2 aliphatic rings. The average Bonchev–Trinajstić information content (AvgIpc) is 3.56. The smallest absolute Gasteiger partial charge is 0.266 e. The second-order valence-corrected chi connectivity index (χ2v) is 9.63. The monoisotopic (exact) mass is 528 g/mol. The molecular formula is C28H21BrN2O4. The molecular weight excluding hydrogens is 508 g/mol. The number of imide groups is 1. The van der Waals surface area contributed by atoms with Gasteiger partial charge in [0.15, 0.2) is 6.10 Å². The van der Waals surface area contributed by atoms with Crippen LogP contribution in [0.5, 0.6) is 0 Å². The molecule has 0 N–H and O–H groups in total. The van der Waals surface area contributed by atoms with Crippen LogP contribution >= 0.6 is 15.9 Å². The number of furan rings is 1. The Balaban J connectivity index is 1.41. The minimum Gasteiger partial charge on any atom is -0.459 e. The Hall–Kier alpha value is -3.68. The van der Waals surface area contributed by atoms with Gasteiger partial charge in [-0.3, -0.25) is 14.4 Å². The van der Waals surface area contributed by atoms with Gasteiger partial charge in [-0.05, 0) is 55.5 Å². The van der Waals surface area contributed by atoms with Crippen molar-refractivity contribution < 1.29 is 18.8 Å². The van der Waals surface area contributed by atoms with Crippen LogP contribution < -0.4 is 9.96 Å². The highest BCUT2D eigenvalue weighted by Crippen LogP contribution is 2.48. The van der Waals surface area contributed by atoms with Crippen molar-refractivity contribution in [2.45, 2.75) is 19.1 Å². The highest BCUT2D eigenvalue weighted by molar-refractivity contribution is 9.10. The maximum Gasteiger partial charge on any atom is 0.266 e. The summed E-state index contributed by atoms with van der Waals surface area (Å²) in [4.78, 5) is 34.5. The lowest BCUT2D eigenvalue weighted by Crippen LogP contribution is -2.37. The van der Waals surface area contributed by atoms with Crippen LogP contribution in [0.3, 0.4) is 0 Å². The Morgan fingerprint density at radius 2 is 1.49 bits per heavy atom. The van der Waals surface area contributed by atoms with E-state index in [9.17, 15) is 9.59 Å². The van der Waals surface area contributed by atoms with Crippen molar-refractivity contribution >= 4 is 39.1 Å². The van der Waals surface area contributed by atoms with Crippen molar-refractivity contribution in [1.29, 1.82) is 0 Å². The minimum absolute atomic E-state index is 0.297. The Morgan fingerprint density at radius 1 is 0.771 bits per heavy atom. The lowest BCUT2D eigenvalue weighted by Gasteiger charge is -2.27. The summed E-state index contributed by atoms with van der Waals surface area (Å²) < 4.78 is 7.25. The molecule has 3 aromatic carbocycles. The Kier molecular flexibility index (Phi) is 5.31. The SMILES string of the molecule is Cc1ccc(N2C(=O)[C@H]3[C@@H](c4ccc(-c5ccc(Br)cc5)o4)N(c4ccccc4)O[C@H]3C2=O)cc1. The summed E-state index contributed by atoms with van der Waals surface area (Å²) in [5, 5.41) is 1.64. The van der Waals surface area contributed by atoms with E-state index in [4.69, 9.17) is 9.25 Å². The van der Waals surface area contributed by atoms with Gasteiger partial charge >= 0.3 is 0 Å². The van der Waals surface area contributed by atoms with Crippen LogP contribution in [0.25, 0.3) is 11.3 Å². The van der Waals surface area contributed by atoms with Crippen molar-refractivity contribution in [3.8, 4) is 11.3 Å². The molecule has 2 aliphatic heterocycles. The quantitative estimate of drug-likeness (QED) is 0.301. The fraction of sp³-hybridized carbons (Fsp3) is 0.143. The highest BCUT2D eigenvalue weighted by Gasteiger charge is 2.61. The van der Waals surface area contributed by atoms with Gasteiger partial charge in [0.2, 0.25) is 5.91 Å². The number of carbonyl (C=O) groups is 2. The molecule has 6 rings (SSSR count). The summed E-state index contributed by atoms with van der Waals surface area (Å²) in [6, 6.07) is 27.8. The average molecular weight is 529 g/mol. The summed E-state index contributed by atoms with van der Waals surface area (Å²) in [5.74, 6) is -0.170. The standard InChI is InChI=1S/C28H21BrN2O4/c1-17-7-13-20(14-8-17)30-27(32)24-25(23-16-15-22(34-23)18-9-11-19(29)12-10-18)31(35-26(24)28(30)33)21-5-3-2-4-6-21/h2-16,24-26H,1H3/t24-,25+,26+/m0/s1. The fourth-order valence-corrected chi connectivity index (χ4v) is 5.00. The number of halogens is 1. The van der Waals surface area contributed by atoms with E-state index in [2.05, 4.69) is 15.9 Å². The number of benzene rings is 3. The Morgan fingerprint density at radius 3 is 2.20 bits per heavy atom. The van der Waals surface area contributed by atoms with Gasteiger partial charge in [0.05, 0.1) is 11.4 Å². The van der Waals surface area contributed by atoms with Crippen LogP contribution in [-0.4, -0.2) is 17.9 Å². The number of rotatable bonds is 4. The number of carbonyl (C=O) groups excluding carboxylic acids is 2. The maximum absolute atomic E-state index is 13.7. The lowest BCUT2D eigenvalue weighted by atomic mass is 9.94. The normalized spacial score (nSPS) is 21.6. The zero-order chi connectivity index (χ0) is 24.1. The predicted octanol–water partition coefficient (Wildman–Crippen LogP) is 6.07. The Labute approximate surface area is 210 Å². The summed E-state index contributed by atoms with van der Waals surface area (Å²) >= 11 is 3.45. The zero-order valence-corrected chi connectivity index (χ0v) is 20.4. The number of anilines is 2. The molecule has 0 saturated carbocycles. The van der Waals surface area contributed by atoms with E-state index in [0.717, 1.165) is 21.3 Å². The molecule has 3 atom stereocenters. The number of hydroxylamine groups is 1. The van der Waals surface area contributed by atoms with Crippen molar-refractivity contribution in [1.82, 2.24) is 0 Å². The van der Waals surface area contributed by atoms with Gasteiger partial charge in [-0.2, -0.15) is 0 Å². The summed E-state index contributed by atoms with van der Waals surface area (Å²) in [7, 11) is 0. The number of fused-ring (bicyclic) bond motifs is 1. The second kappa shape index (κ2) is 8.52. The summed E-state index contributed by atoms with van der Waals surface area (Å²) in [5.41, 5.74) is 3.25. The van der Waals surface area contributed by atoms with Crippen molar-refractivity contribution in [2.24, 2.45) is 5.92 Å². The molecule has 0 bridgehead atoms. The number of hydrogen-bond acceptors (Lipinski definition) is 5. The first-order valence-electron chi connectivity index (χ1n) is 11.3. The molecule has 35 heavy (non-hydrogen) atoms. The molecule has 2 fully saturated rings. The molecule has 0 spiro atoms. The van der Waals surface area contributed by atoms with Crippen molar-refractivity contribution in [3.63, 3.8) is 0 Å². The van der Waals surface area contributed by atoms with Gasteiger partial charge in [0.1, 0.15) is 23.5 Å². The number of aryl methyl sites for hydroxylation is 1. The number of nitrogens with zero attached hydrogens (tertiary/aromatic N) is 2. The molecule has 7 heteroatoms. The third-order valence-corrected chi connectivity index (χ3v) is 6.99. The van der Waals surface area contributed by atoms with E-state index in [0.29, 0.717) is 17.2 Å². The summed E-state index contributed by atoms with van der Waals surface area (Å²) in [6.45, 7) is 1.96. The van der Waals surface area contributed by atoms with Gasteiger partial charge in [-0.15, -0.1) is 0 Å². The molecule has 2 saturated heterocycles. The van der Waals surface area contributed by atoms with Crippen molar-refractivity contribution in [3.05, 3.63) is 107 Å². The second-order valence-electron chi connectivity index (χ2n) is 8.71. The van der Waals surface area contributed by atoms with Gasteiger partial charge in [0.25, 0.3) is 5.91 Å². The third-order valence-electron chi connectivity index (χ3n) is 6.47. The van der Waals surface area contributed by atoms with E-state index in [1.807, 2.05) is 85.8 Å². The van der Waals surface area contributed by atoms with E-state index in [1.54, 1.807) is 17.2 Å². The Bertz CT molecular complexity index is 1400. The van der Waals surface area contributed by atoms with Gasteiger partial charge in [-0.1, -0.05) is 64.0 Å². The lowest BCUT2D eigenvalue weighted by molar-refractivity contribution is -0.126. The van der Waals surface area contributed by atoms with E-state index < -0.39 is 18.1 Å². The molecule has 3 heterocycles. The third kappa shape index (κ3) is 3.68. The van der Waals surface area contributed by atoms with Crippen LogP contribution in [0.4, 0.5) is 11.4 Å².